The molecule has 0 aromatic heterocycles. The van der Waals surface area contributed by atoms with Gasteiger partial charge in [-0.1, -0.05) is 38.3 Å². The molecule has 1 aromatic rings. The van der Waals surface area contributed by atoms with Crippen LogP contribution in [0, 0.1) is 0 Å². The van der Waals surface area contributed by atoms with Crippen LogP contribution in [0.4, 0.5) is 0 Å². The predicted octanol–water partition coefficient (Wildman–Crippen LogP) is 4.34. The van der Waals surface area contributed by atoms with Crippen LogP contribution in [-0.2, 0) is 11.2 Å². The van der Waals surface area contributed by atoms with Gasteiger partial charge in [-0.05, 0) is 36.6 Å². The van der Waals surface area contributed by atoms with E-state index in [2.05, 4.69) is 6.92 Å². The van der Waals surface area contributed by atoms with Crippen molar-refractivity contribution in [3.63, 3.8) is 0 Å². The molecule has 0 atom stereocenters. The largest absolute Gasteiger partial charge is 0.493 e. The highest BCUT2D eigenvalue weighted by Gasteiger charge is 2.03. The SMILES string of the molecule is CCCCCCC(=O)C=CCc1ccc(OC)c(OC)c1. The van der Waals surface area contributed by atoms with E-state index in [1.807, 2.05) is 24.3 Å². The number of ether oxygens (including phenoxy) is 2. The molecule has 0 heterocycles. The molecule has 0 radical (unpaired) electrons. The van der Waals surface area contributed by atoms with Gasteiger partial charge in [0.05, 0.1) is 14.2 Å². The number of hydrogen-bond acceptors (Lipinski definition) is 3. The van der Waals surface area contributed by atoms with Gasteiger partial charge in [0.2, 0.25) is 0 Å². The number of carbonyl (C=O) groups is 1. The second kappa shape index (κ2) is 10.0. The van der Waals surface area contributed by atoms with Crippen LogP contribution in [0.2, 0.25) is 0 Å². The average molecular weight is 290 g/mol. The van der Waals surface area contributed by atoms with Gasteiger partial charge >= 0.3 is 0 Å². The van der Waals surface area contributed by atoms with E-state index in [1.165, 1.54) is 12.8 Å². The summed E-state index contributed by atoms with van der Waals surface area (Å²) in [7, 11) is 3.24. The molecule has 0 aliphatic rings. The van der Waals surface area contributed by atoms with E-state index in [-0.39, 0.29) is 5.78 Å². The van der Waals surface area contributed by atoms with Crippen molar-refractivity contribution in [2.75, 3.05) is 14.2 Å². The summed E-state index contributed by atoms with van der Waals surface area (Å²) in [5.74, 6) is 1.65. The minimum absolute atomic E-state index is 0.214. The fraction of sp³-hybridized carbons (Fsp3) is 0.500. The molecule has 21 heavy (non-hydrogen) atoms. The highest BCUT2D eigenvalue weighted by Crippen LogP contribution is 2.27. The van der Waals surface area contributed by atoms with E-state index >= 15 is 0 Å². The van der Waals surface area contributed by atoms with E-state index in [9.17, 15) is 4.79 Å². The first-order valence-electron chi connectivity index (χ1n) is 7.61. The molecular weight excluding hydrogens is 264 g/mol. The molecule has 1 aromatic carbocycles. The highest BCUT2D eigenvalue weighted by molar-refractivity contribution is 5.89. The van der Waals surface area contributed by atoms with Crippen LogP contribution in [-0.4, -0.2) is 20.0 Å². The monoisotopic (exact) mass is 290 g/mol. The molecule has 0 spiro atoms. The number of methoxy groups -OCH3 is 2. The molecule has 0 bridgehead atoms. The minimum atomic E-state index is 0.214. The summed E-state index contributed by atoms with van der Waals surface area (Å²) in [6.07, 6.45) is 9.54. The van der Waals surface area contributed by atoms with Gasteiger partial charge in [0.1, 0.15) is 0 Å². The molecule has 0 aliphatic heterocycles. The summed E-state index contributed by atoms with van der Waals surface area (Å²) < 4.78 is 10.5. The fourth-order valence-electron chi connectivity index (χ4n) is 2.14. The van der Waals surface area contributed by atoms with Gasteiger partial charge in [0.25, 0.3) is 0 Å². The zero-order valence-corrected chi connectivity index (χ0v) is 13.4. The minimum Gasteiger partial charge on any atom is -0.493 e. The molecule has 3 nitrogen and oxygen atoms in total. The number of allylic oxidation sites excluding steroid dienone is 2. The van der Waals surface area contributed by atoms with Crippen LogP contribution in [0.3, 0.4) is 0 Å². The summed E-state index contributed by atoms with van der Waals surface area (Å²) in [5.41, 5.74) is 1.10. The second-order valence-electron chi connectivity index (χ2n) is 5.07. The Morgan fingerprint density at radius 3 is 2.52 bits per heavy atom. The summed E-state index contributed by atoms with van der Waals surface area (Å²) in [4.78, 5) is 11.7. The smallest absolute Gasteiger partial charge is 0.160 e. The number of carbonyl (C=O) groups excluding carboxylic acids is 1. The van der Waals surface area contributed by atoms with Gasteiger partial charge in [0, 0.05) is 6.42 Å². The van der Waals surface area contributed by atoms with Gasteiger partial charge in [-0.3, -0.25) is 4.79 Å². The number of ketones is 1. The second-order valence-corrected chi connectivity index (χ2v) is 5.07. The van der Waals surface area contributed by atoms with Crippen LogP contribution in [0.1, 0.15) is 44.6 Å². The van der Waals surface area contributed by atoms with Crippen molar-refractivity contribution in [2.24, 2.45) is 0 Å². The Balaban J connectivity index is 2.43. The lowest BCUT2D eigenvalue weighted by Gasteiger charge is -2.08. The standard InChI is InChI=1S/C18H26O3/c1-4-5-6-7-10-16(19)11-8-9-15-12-13-17(20-2)18(14-15)21-3/h8,11-14H,4-7,9-10H2,1-3H3. The van der Waals surface area contributed by atoms with Crippen LogP contribution < -0.4 is 9.47 Å². The first-order chi connectivity index (χ1) is 10.2. The maximum atomic E-state index is 11.7. The third kappa shape index (κ3) is 6.48. The van der Waals surface area contributed by atoms with E-state index in [0.717, 1.165) is 30.6 Å². The van der Waals surface area contributed by atoms with Gasteiger partial charge in [0.15, 0.2) is 17.3 Å². The summed E-state index contributed by atoms with van der Waals surface area (Å²) >= 11 is 0. The van der Waals surface area contributed by atoms with Crippen molar-refractivity contribution in [1.29, 1.82) is 0 Å². The highest BCUT2D eigenvalue weighted by atomic mass is 16.5. The van der Waals surface area contributed by atoms with Crippen molar-refractivity contribution in [1.82, 2.24) is 0 Å². The molecule has 0 fully saturated rings. The molecule has 0 saturated heterocycles. The predicted molar refractivity (Wildman–Crippen MR) is 86.2 cm³/mol. The quantitative estimate of drug-likeness (QED) is 0.475. The van der Waals surface area contributed by atoms with Crippen molar-refractivity contribution in [2.45, 2.75) is 45.4 Å². The molecular formula is C18H26O3. The van der Waals surface area contributed by atoms with Crippen molar-refractivity contribution >= 4 is 5.78 Å². The van der Waals surface area contributed by atoms with Gasteiger partial charge in [-0.25, -0.2) is 0 Å². The summed E-state index contributed by atoms with van der Waals surface area (Å²) in [5, 5.41) is 0. The Morgan fingerprint density at radius 2 is 1.86 bits per heavy atom. The van der Waals surface area contributed by atoms with Crippen LogP contribution >= 0.6 is 0 Å². The molecule has 3 heteroatoms. The third-order valence-electron chi connectivity index (χ3n) is 3.38. The molecule has 0 unspecified atom stereocenters. The topological polar surface area (TPSA) is 35.5 Å². The first kappa shape index (κ1) is 17.3. The van der Waals surface area contributed by atoms with E-state index in [4.69, 9.17) is 9.47 Å². The molecule has 0 aliphatic carbocycles. The number of hydrogen-bond donors (Lipinski definition) is 0. The van der Waals surface area contributed by atoms with E-state index in [0.29, 0.717) is 12.2 Å². The fourth-order valence-corrected chi connectivity index (χ4v) is 2.14. The number of unbranched alkanes of at least 4 members (excludes halogenated alkanes) is 3. The van der Waals surface area contributed by atoms with Gasteiger partial charge in [-0.15, -0.1) is 0 Å². The van der Waals surface area contributed by atoms with Crippen LogP contribution in [0.5, 0.6) is 11.5 Å². The van der Waals surface area contributed by atoms with Crippen LogP contribution in [0.15, 0.2) is 30.4 Å². The van der Waals surface area contributed by atoms with Crippen molar-refractivity contribution in [3.8, 4) is 11.5 Å². The molecule has 0 saturated carbocycles. The molecule has 0 N–H and O–H groups in total. The number of benzene rings is 1. The lowest BCUT2D eigenvalue weighted by molar-refractivity contribution is -0.114. The lowest BCUT2D eigenvalue weighted by Crippen LogP contribution is -1.94. The Hall–Kier alpha value is -1.77. The molecule has 1 rings (SSSR count). The maximum Gasteiger partial charge on any atom is 0.160 e. The van der Waals surface area contributed by atoms with Gasteiger partial charge in [-0.2, -0.15) is 0 Å². The Kier molecular flexibility index (Phi) is 8.25. The Bertz CT molecular complexity index is 464. The summed E-state index contributed by atoms with van der Waals surface area (Å²) in [6.45, 7) is 2.17. The molecule has 0 amide bonds. The Labute approximate surface area is 128 Å². The van der Waals surface area contributed by atoms with Crippen molar-refractivity contribution in [3.05, 3.63) is 35.9 Å². The third-order valence-corrected chi connectivity index (χ3v) is 3.38. The van der Waals surface area contributed by atoms with Gasteiger partial charge < -0.3 is 9.47 Å². The maximum absolute atomic E-state index is 11.7. The first-order valence-corrected chi connectivity index (χ1v) is 7.61. The normalized spacial score (nSPS) is 10.8. The Morgan fingerprint density at radius 1 is 1.10 bits per heavy atom. The van der Waals surface area contributed by atoms with Crippen molar-refractivity contribution < 1.29 is 14.3 Å². The van der Waals surface area contributed by atoms with E-state index < -0.39 is 0 Å². The zero-order chi connectivity index (χ0) is 15.5. The molecule has 116 valence electrons. The summed E-state index contributed by atoms with van der Waals surface area (Å²) in [6, 6.07) is 5.81. The lowest BCUT2D eigenvalue weighted by atomic mass is 10.1. The number of rotatable bonds is 10. The van der Waals surface area contributed by atoms with E-state index in [1.54, 1.807) is 20.3 Å². The van der Waals surface area contributed by atoms with Crippen LogP contribution in [0.25, 0.3) is 0 Å². The average Bonchev–Trinajstić information content (AvgIpc) is 2.51. The zero-order valence-electron chi connectivity index (χ0n) is 13.4.